The summed E-state index contributed by atoms with van der Waals surface area (Å²) in [7, 11) is 0. The highest BCUT2D eigenvalue weighted by Gasteiger charge is 2.38. The van der Waals surface area contributed by atoms with Crippen LogP contribution in [0.1, 0.15) is 35.0 Å². The van der Waals surface area contributed by atoms with Gasteiger partial charge in [0.05, 0.1) is 28.4 Å². The van der Waals surface area contributed by atoms with Crippen LogP contribution in [0.5, 0.6) is 0 Å². The van der Waals surface area contributed by atoms with E-state index in [2.05, 4.69) is 10.4 Å². The summed E-state index contributed by atoms with van der Waals surface area (Å²) in [6.07, 6.45) is 3.01. The minimum Gasteiger partial charge on any atom is -0.381 e. The molecule has 4 aromatic rings. The van der Waals surface area contributed by atoms with Crippen molar-refractivity contribution >= 4 is 34.7 Å². The Balaban J connectivity index is 1.50. The number of rotatable bonds is 7. The first kappa shape index (κ1) is 24.5. The maximum absolute atomic E-state index is 13.7. The van der Waals surface area contributed by atoms with E-state index in [-0.39, 0.29) is 11.5 Å². The number of halogens is 1. The molecule has 3 aromatic heterocycles. The van der Waals surface area contributed by atoms with Crippen LogP contribution in [0.4, 0.5) is 5.82 Å². The SMILES string of the molecule is CC1(C(=O)n2nc(-c3cccn(Cc4ccccc4)c3=O)cc2NCc2ccc(Cl)s2)CCOCC1. The van der Waals surface area contributed by atoms with Crippen LogP contribution < -0.4 is 10.9 Å². The van der Waals surface area contributed by atoms with E-state index < -0.39 is 5.41 Å². The lowest BCUT2D eigenvalue weighted by Gasteiger charge is -2.31. The van der Waals surface area contributed by atoms with Crippen molar-refractivity contribution in [1.29, 1.82) is 0 Å². The van der Waals surface area contributed by atoms with Gasteiger partial charge in [-0.15, -0.1) is 11.3 Å². The van der Waals surface area contributed by atoms with E-state index in [1.165, 1.54) is 16.0 Å². The number of hydrogen-bond acceptors (Lipinski definition) is 6. The Bertz CT molecular complexity index is 1420. The molecule has 1 aliphatic heterocycles. The fourth-order valence-electron chi connectivity index (χ4n) is 4.35. The van der Waals surface area contributed by atoms with Gasteiger partial charge in [-0.25, -0.2) is 0 Å². The maximum Gasteiger partial charge on any atom is 0.260 e. The molecule has 0 bridgehead atoms. The van der Waals surface area contributed by atoms with Crippen molar-refractivity contribution in [3.05, 3.63) is 92.0 Å². The average molecular weight is 523 g/mol. The number of hydrogen-bond donors (Lipinski definition) is 1. The van der Waals surface area contributed by atoms with Crippen molar-refractivity contribution in [2.24, 2.45) is 5.41 Å². The first-order chi connectivity index (χ1) is 17.4. The van der Waals surface area contributed by atoms with Gasteiger partial charge in [0.1, 0.15) is 11.5 Å². The van der Waals surface area contributed by atoms with Crippen molar-refractivity contribution in [2.45, 2.75) is 32.9 Å². The summed E-state index contributed by atoms with van der Waals surface area (Å²) in [5.41, 5.74) is 1.18. The molecule has 1 aromatic carbocycles. The van der Waals surface area contributed by atoms with Gasteiger partial charge in [-0.05, 0) is 42.7 Å². The monoisotopic (exact) mass is 522 g/mol. The lowest BCUT2D eigenvalue weighted by molar-refractivity contribution is 0.0169. The second kappa shape index (κ2) is 10.4. The standard InChI is InChI=1S/C27H27ClN4O3S/c1-27(11-14-35-15-12-27)26(34)32-24(29-17-20-9-10-23(28)36-20)16-22(30-32)21-8-5-13-31(25(21)33)18-19-6-3-2-4-7-19/h2-10,13,16,29H,11-12,14-15,17-18H2,1H3. The summed E-state index contributed by atoms with van der Waals surface area (Å²) in [5.74, 6) is 0.439. The Kier molecular flexibility index (Phi) is 7.09. The predicted molar refractivity (Wildman–Crippen MR) is 143 cm³/mol. The third-order valence-electron chi connectivity index (χ3n) is 6.58. The molecule has 0 aliphatic carbocycles. The Hall–Kier alpha value is -3.20. The summed E-state index contributed by atoms with van der Waals surface area (Å²) in [6.45, 7) is 3.97. The van der Waals surface area contributed by atoms with Crippen molar-refractivity contribution in [3.63, 3.8) is 0 Å². The molecule has 7 nitrogen and oxygen atoms in total. The van der Waals surface area contributed by atoms with Crippen LogP contribution in [0, 0.1) is 5.41 Å². The molecule has 9 heteroatoms. The molecule has 0 unspecified atom stereocenters. The highest BCUT2D eigenvalue weighted by molar-refractivity contribution is 7.16. The topological polar surface area (TPSA) is 78.2 Å². The molecule has 1 saturated heterocycles. The van der Waals surface area contributed by atoms with Crippen LogP contribution in [-0.4, -0.2) is 33.5 Å². The maximum atomic E-state index is 13.7. The van der Waals surface area contributed by atoms with Crippen LogP contribution in [0.2, 0.25) is 4.34 Å². The molecule has 1 N–H and O–H groups in total. The van der Waals surface area contributed by atoms with E-state index in [0.717, 1.165) is 10.4 Å². The Morgan fingerprint density at radius 2 is 1.92 bits per heavy atom. The van der Waals surface area contributed by atoms with Gasteiger partial charge in [-0.2, -0.15) is 9.78 Å². The van der Waals surface area contributed by atoms with Crippen molar-refractivity contribution < 1.29 is 9.53 Å². The van der Waals surface area contributed by atoms with Gasteiger partial charge >= 0.3 is 0 Å². The van der Waals surface area contributed by atoms with Crippen LogP contribution in [0.3, 0.4) is 0 Å². The van der Waals surface area contributed by atoms with Crippen molar-refractivity contribution in [3.8, 4) is 11.3 Å². The number of carbonyl (C=O) groups excluding carboxylic acids is 1. The molecule has 36 heavy (non-hydrogen) atoms. The number of nitrogens with one attached hydrogen (secondary N) is 1. The highest BCUT2D eigenvalue weighted by Crippen LogP contribution is 2.34. The fraction of sp³-hybridized carbons (Fsp3) is 0.296. The van der Waals surface area contributed by atoms with Crippen molar-refractivity contribution in [2.75, 3.05) is 18.5 Å². The number of ether oxygens (including phenoxy) is 1. The second-order valence-electron chi connectivity index (χ2n) is 9.20. The lowest BCUT2D eigenvalue weighted by atomic mass is 9.81. The zero-order chi connectivity index (χ0) is 25.1. The van der Waals surface area contributed by atoms with Gasteiger partial charge in [0, 0.05) is 30.4 Å². The minimum absolute atomic E-state index is 0.107. The number of anilines is 1. The van der Waals surface area contributed by atoms with E-state index in [1.54, 1.807) is 22.9 Å². The van der Waals surface area contributed by atoms with Gasteiger partial charge in [0.15, 0.2) is 0 Å². The molecular formula is C27H27ClN4O3S. The zero-order valence-electron chi connectivity index (χ0n) is 19.9. The highest BCUT2D eigenvalue weighted by atomic mass is 35.5. The van der Waals surface area contributed by atoms with Gasteiger partial charge in [-0.3, -0.25) is 9.59 Å². The van der Waals surface area contributed by atoms with Gasteiger partial charge in [-0.1, -0.05) is 48.9 Å². The Morgan fingerprint density at radius 1 is 1.14 bits per heavy atom. The largest absolute Gasteiger partial charge is 0.381 e. The van der Waals surface area contributed by atoms with Crippen LogP contribution in [0.25, 0.3) is 11.3 Å². The summed E-state index contributed by atoms with van der Waals surface area (Å²) < 4.78 is 9.27. The van der Waals surface area contributed by atoms with Gasteiger partial charge < -0.3 is 14.6 Å². The molecule has 186 valence electrons. The van der Waals surface area contributed by atoms with E-state index in [0.29, 0.717) is 60.6 Å². The fourth-order valence-corrected chi connectivity index (χ4v) is 5.37. The van der Waals surface area contributed by atoms with Crippen LogP contribution >= 0.6 is 22.9 Å². The number of thiophene rings is 1. The van der Waals surface area contributed by atoms with Crippen LogP contribution in [-0.2, 0) is 17.8 Å². The third kappa shape index (κ3) is 5.16. The molecule has 0 atom stereocenters. The summed E-state index contributed by atoms with van der Waals surface area (Å²) in [4.78, 5) is 28.1. The minimum atomic E-state index is -0.589. The molecule has 5 rings (SSSR count). The zero-order valence-corrected chi connectivity index (χ0v) is 21.5. The van der Waals surface area contributed by atoms with E-state index in [4.69, 9.17) is 16.3 Å². The first-order valence-electron chi connectivity index (χ1n) is 11.9. The molecule has 0 amide bonds. The number of carbonyl (C=O) groups is 1. The Labute approximate surface area is 218 Å². The molecule has 1 aliphatic rings. The Morgan fingerprint density at radius 3 is 2.64 bits per heavy atom. The number of nitrogens with zero attached hydrogens (tertiary/aromatic N) is 3. The lowest BCUT2D eigenvalue weighted by Crippen LogP contribution is -2.38. The molecule has 1 fully saturated rings. The second-order valence-corrected chi connectivity index (χ2v) is 11.0. The van der Waals surface area contributed by atoms with Gasteiger partial charge in [0.2, 0.25) is 0 Å². The average Bonchev–Trinajstić information content (AvgIpc) is 3.50. The summed E-state index contributed by atoms with van der Waals surface area (Å²) >= 11 is 7.56. The summed E-state index contributed by atoms with van der Waals surface area (Å²) in [5, 5.41) is 7.99. The molecule has 0 spiro atoms. The molecule has 0 radical (unpaired) electrons. The number of aromatic nitrogens is 3. The normalized spacial score (nSPS) is 15.1. The molecule has 0 saturated carbocycles. The first-order valence-corrected chi connectivity index (χ1v) is 13.1. The van der Waals surface area contributed by atoms with Crippen LogP contribution in [0.15, 0.2) is 71.7 Å². The van der Waals surface area contributed by atoms with Crippen molar-refractivity contribution in [1.82, 2.24) is 14.3 Å². The van der Waals surface area contributed by atoms with Gasteiger partial charge in [0.25, 0.3) is 11.5 Å². The number of benzene rings is 1. The van der Waals surface area contributed by atoms with E-state index in [9.17, 15) is 9.59 Å². The summed E-state index contributed by atoms with van der Waals surface area (Å²) in [6, 6.07) is 19.0. The van der Waals surface area contributed by atoms with E-state index >= 15 is 0 Å². The smallest absolute Gasteiger partial charge is 0.260 e. The van der Waals surface area contributed by atoms with E-state index in [1.807, 2.05) is 55.5 Å². The molecule has 4 heterocycles. The quantitative estimate of drug-likeness (QED) is 0.344. The molecular weight excluding hydrogens is 496 g/mol. The number of pyridine rings is 1. The predicted octanol–water partition coefficient (Wildman–Crippen LogP) is 5.54. The third-order valence-corrected chi connectivity index (χ3v) is 7.81.